The molecule has 0 radical (unpaired) electrons. The van der Waals surface area contributed by atoms with Gasteiger partial charge in [0.2, 0.25) is 5.89 Å². The van der Waals surface area contributed by atoms with Crippen molar-refractivity contribution < 1.29 is 27.1 Å². The number of carbonyl (C=O) groups is 1. The number of amides is 2. The van der Waals surface area contributed by atoms with Gasteiger partial charge in [-0.05, 0) is 30.3 Å². The fourth-order valence-corrected chi connectivity index (χ4v) is 3.27. The summed E-state index contributed by atoms with van der Waals surface area (Å²) in [7, 11) is 0. The zero-order valence-electron chi connectivity index (χ0n) is 16.5. The lowest BCUT2D eigenvalue weighted by Gasteiger charge is -2.33. The molecule has 0 atom stereocenters. The van der Waals surface area contributed by atoms with Gasteiger partial charge in [0.15, 0.2) is 0 Å². The summed E-state index contributed by atoms with van der Waals surface area (Å²) < 4.78 is 49.2. The van der Waals surface area contributed by atoms with E-state index in [4.69, 9.17) is 20.8 Å². The first-order valence-electron chi connectivity index (χ1n) is 9.58. The molecule has 2 aromatic heterocycles. The van der Waals surface area contributed by atoms with Crippen molar-refractivity contribution in [1.29, 1.82) is 0 Å². The highest BCUT2D eigenvalue weighted by atomic mass is 35.5. The van der Waals surface area contributed by atoms with Crippen LogP contribution in [0.4, 0.5) is 23.7 Å². The third-order valence-electron chi connectivity index (χ3n) is 4.75. The maximum Gasteiger partial charge on any atom is 0.325 e. The summed E-state index contributed by atoms with van der Waals surface area (Å²) in [5.74, 6) is -1.47. The number of anilines is 1. The number of carbonyl (C=O) groups excluding carboxylic acids is 1. The molecule has 0 spiro atoms. The topological polar surface area (TPSA) is 84.6 Å². The minimum Gasteiger partial charge on any atom is -0.415 e. The summed E-state index contributed by atoms with van der Waals surface area (Å²) in [6.45, 7) is 1.73. The number of alkyl halides is 2. The van der Waals surface area contributed by atoms with Crippen LogP contribution in [0.3, 0.4) is 0 Å². The summed E-state index contributed by atoms with van der Waals surface area (Å²) in [5.41, 5.74) is 1.24. The van der Waals surface area contributed by atoms with E-state index in [1.54, 1.807) is 17.0 Å². The smallest absolute Gasteiger partial charge is 0.325 e. The van der Waals surface area contributed by atoms with E-state index in [1.807, 2.05) is 0 Å². The second-order valence-electron chi connectivity index (χ2n) is 6.85. The van der Waals surface area contributed by atoms with Gasteiger partial charge in [-0.3, -0.25) is 9.88 Å². The van der Waals surface area contributed by atoms with Crippen LogP contribution in [0.2, 0.25) is 5.02 Å². The van der Waals surface area contributed by atoms with E-state index >= 15 is 0 Å². The fraction of sp³-hybridized carbons (Fsp3) is 0.300. The Labute approximate surface area is 185 Å². The molecule has 4 rings (SSSR count). The van der Waals surface area contributed by atoms with E-state index in [0.717, 1.165) is 0 Å². The number of morpholine rings is 1. The molecule has 8 nitrogen and oxygen atoms in total. The zero-order chi connectivity index (χ0) is 22.7. The quantitative estimate of drug-likeness (QED) is 0.555. The maximum absolute atomic E-state index is 13.7. The lowest BCUT2D eigenvalue weighted by molar-refractivity contribution is 0.0548. The van der Waals surface area contributed by atoms with E-state index in [9.17, 15) is 18.0 Å². The monoisotopic (exact) mass is 467 g/mol. The van der Waals surface area contributed by atoms with Crippen molar-refractivity contribution >= 4 is 23.3 Å². The van der Waals surface area contributed by atoms with Crippen molar-refractivity contribution in [2.45, 2.75) is 13.0 Å². The van der Waals surface area contributed by atoms with Gasteiger partial charge in [-0.15, -0.1) is 10.2 Å². The number of hydrogen-bond donors (Lipinski definition) is 0. The van der Waals surface area contributed by atoms with E-state index in [1.165, 1.54) is 29.3 Å². The van der Waals surface area contributed by atoms with Gasteiger partial charge in [-0.25, -0.2) is 9.18 Å². The van der Waals surface area contributed by atoms with Crippen LogP contribution < -0.4 is 4.90 Å². The number of rotatable bonds is 5. The Kier molecular flexibility index (Phi) is 6.56. The van der Waals surface area contributed by atoms with Crippen molar-refractivity contribution in [3.05, 3.63) is 59.0 Å². The third kappa shape index (κ3) is 4.83. The molecule has 2 amide bonds. The molecule has 3 heterocycles. The van der Waals surface area contributed by atoms with Gasteiger partial charge < -0.3 is 14.1 Å². The normalized spacial score (nSPS) is 14.1. The summed E-state index contributed by atoms with van der Waals surface area (Å²) in [5, 5.41) is 6.76. The van der Waals surface area contributed by atoms with Crippen LogP contribution in [0.25, 0.3) is 11.5 Å². The fourth-order valence-electron chi connectivity index (χ4n) is 3.09. The summed E-state index contributed by atoms with van der Waals surface area (Å²) >= 11 is 5.93. The van der Waals surface area contributed by atoms with Crippen molar-refractivity contribution in [2.24, 2.45) is 0 Å². The number of pyridine rings is 1. The van der Waals surface area contributed by atoms with Gasteiger partial charge in [-0.2, -0.15) is 8.78 Å². The number of urea groups is 1. The summed E-state index contributed by atoms with van der Waals surface area (Å²) in [6, 6.07) is 6.88. The molecule has 0 saturated carbocycles. The van der Waals surface area contributed by atoms with Gasteiger partial charge in [0, 0.05) is 25.0 Å². The van der Waals surface area contributed by atoms with Crippen LogP contribution in [-0.4, -0.2) is 52.4 Å². The van der Waals surface area contributed by atoms with E-state index in [2.05, 4.69) is 15.2 Å². The lowest BCUT2D eigenvalue weighted by Crippen LogP contribution is -2.48. The van der Waals surface area contributed by atoms with Gasteiger partial charge in [-0.1, -0.05) is 11.6 Å². The first-order chi connectivity index (χ1) is 15.4. The highest BCUT2D eigenvalue weighted by Gasteiger charge is 2.25. The number of nitrogens with zero attached hydrogens (tertiary/aromatic N) is 5. The standard InChI is InChI=1S/C20H17ClF3N5O3/c21-15-9-14(3-4-16(15)22)29(20(30)28-5-7-31-8-6-28)11-13-2-1-12(10-25-13)18-26-27-19(32-18)17(23)24/h1-4,9-10,17H,5-8,11H2. The average molecular weight is 468 g/mol. The molecule has 0 N–H and O–H groups in total. The van der Waals surface area contributed by atoms with Crippen LogP contribution in [0.5, 0.6) is 0 Å². The highest BCUT2D eigenvalue weighted by Crippen LogP contribution is 2.26. The number of benzene rings is 1. The van der Waals surface area contributed by atoms with Crippen LogP contribution >= 0.6 is 11.6 Å². The van der Waals surface area contributed by atoms with E-state index in [-0.39, 0.29) is 23.5 Å². The van der Waals surface area contributed by atoms with Crippen molar-refractivity contribution in [3.63, 3.8) is 0 Å². The number of hydrogen-bond acceptors (Lipinski definition) is 6. The SMILES string of the molecule is O=C(N1CCOCC1)N(Cc1ccc(-c2nnc(C(F)F)o2)cn1)c1ccc(F)c(Cl)c1. The largest absolute Gasteiger partial charge is 0.415 e. The lowest BCUT2D eigenvalue weighted by atomic mass is 10.2. The van der Waals surface area contributed by atoms with Gasteiger partial charge >= 0.3 is 12.5 Å². The molecule has 1 fully saturated rings. The Balaban J connectivity index is 1.58. The Bertz CT molecular complexity index is 1090. The predicted octanol–water partition coefficient (Wildman–Crippen LogP) is 4.32. The molecular weight excluding hydrogens is 451 g/mol. The minimum absolute atomic E-state index is 0.0601. The van der Waals surface area contributed by atoms with Crippen LogP contribution in [0, 0.1) is 5.82 Å². The first-order valence-corrected chi connectivity index (χ1v) is 9.96. The number of ether oxygens (including phenoxy) is 1. The first kappa shape index (κ1) is 22.0. The molecule has 1 aliphatic heterocycles. The molecule has 32 heavy (non-hydrogen) atoms. The number of aromatic nitrogens is 3. The van der Waals surface area contributed by atoms with Crippen molar-refractivity contribution in [3.8, 4) is 11.5 Å². The zero-order valence-corrected chi connectivity index (χ0v) is 17.3. The molecule has 168 valence electrons. The molecule has 0 bridgehead atoms. The maximum atomic E-state index is 13.7. The van der Waals surface area contributed by atoms with E-state index < -0.39 is 18.1 Å². The van der Waals surface area contributed by atoms with Crippen LogP contribution in [-0.2, 0) is 11.3 Å². The van der Waals surface area contributed by atoms with Gasteiger partial charge in [0.05, 0.1) is 36.0 Å². The summed E-state index contributed by atoms with van der Waals surface area (Å²) in [4.78, 5) is 20.5. The molecule has 0 unspecified atom stereocenters. The number of halogens is 4. The Morgan fingerprint density at radius 3 is 2.59 bits per heavy atom. The molecule has 0 aliphatic carbocycles. The summed E-state index contributed by atoms with van der Waals surface area (Å²) in [6.07, 6.45) is -1.49. The Hall–Kier alpha value is -3.18. The van der Waals surface area contributed by atoms with Crippen molar-refractivity contribution in [1.82, 2.24) is 20.1 Å². The van der Waals surface area contributed by atoms with Crippen LogP contribution in [0.15, 0.2) is 40.9 Å². The molecule has 3 aromatic rings. The Morgan fingerprint density at radius 2 is 1.97 bits per heavy atom. The molecule has 12 heteroatoms. The third-order valence-corrected chi connectivity index (χ3v) is 5.04. The van der Waals surface area contributed by atoms with Gasteiger partial charge in [0.1, 0.15) is 5.82 Å². The van der Waals surface area contributed by atoms with Crippen LogP contribution in [0.1, 0.15) is 18.0 Å². The molecule has 1 saturated heterocycles. The van der Waals surface area contributed by atoms with E-state index in [0.29, 0.717) is 43.2 Å². The average Bonchev–Trinajstić information content (AvgIpc) is 3.31. The second kappa shape index (κ2) is 9.53. The minimum atomic E-state index is -2.87. The molecular formula is C20H17ClF3N5O3. The highest BCUT2D eigenvalue weighted by molar-refractivity contribution is 6.31. The van der Waals surface area contributed by atoms with Crippen molar-refractivity contribution in [2.75, 3.05) is 31.2 Å². The molecule has 1 aromatic carbocycles. The Morgan fingerprint density at radius 1 is 1.19 bits per heavy atom. The predicted molar refractivity (Wildman–Crippen MR) is 108 cm³/mol. The van der Waals surface area contributed by atoms with Gasteiger partial charge in [0.25, 0.3) is 5.89 Å². The molecule has 1 aliphatic rings. The second-order valence-corrected chi connectivity index (χ2v) is 7.26.